The maximum atomic E-state index is 13.7. The summed E-state index contributed by atoms with van der Waals surface area (Å²) in [5.41, 5.74) is 3.87. The monoisotopic (exact) mass is 437 g/mol. The molecule has 0 atom stereocenters. The largest absolute Gasteiger partial charge is 0.494 e. The number of hydrogen-bond donors (Lipinski definition) is 2. The van der Waals surface area contributed by atoms with Crippen molar-refractivity contribution in [1.29, 1.82) is 0 Å². The zero-order valence-corrected chi connectivity index (χ0v) is 18.4. The minimum atomic E-state index is -0.364. The highest BCUT2D eigenvalue weighted by Gasteiger charge is 2.22. The minimum absolute atomic E-state index is 0.0583. The van der Waals surface area contributed by atoms with Crippen molar-refractivity contribution in [3.63, 3.8) is 0 Å². The number of aryl methyl sites for hydroxylation is 2. The molecule has 0 amide bonds. The molecular formula is C24H28FN5O2. The van der Waals surface area contributed by atoms with Crippen LogP contribution in [0.4, 0.5) is 10.1 Å². The van der Waals surface area contributed by atoms with E-state index in [-0.39, 0.29) is 11.7 Å². The number of ether oxygens (including phenoxy) is 1. The Bertz CT molecular complexity index is 1270. The van der Waals surface area contributed by atoms with Crippen molar-refractivity contribution >= 4 is 27.5 Å². The number of hydrogen-bond acceptors (Lipinski definition) is 5. The molecule has 3 aromatic heterocycles. The molecule has 168 valence electrons. The van der Waals surface area contributed by atoms with Crippen LogP contribution in [0.2, 0.25) is 0 Å². The number of aromatic nitrogens is 4. The molecule has 4 aromatic rings. The van der Waals surface area contributed by atoms with Crippen molar-refractivity contribution in [2.45, 2.75) is 52.2 Å². The van der Waals surface area contributed by atoms with Crippen LogP contribution in [0.25, 0.3) is 21.8 Å². The maximum Gasteiger partial charge on any atom is 0.199 e. The van der Waals surface area contributed by atoms with Crippen molar-refractivity contribution in [3.8, 4) is 5.88 Å². The summed E-state index contributed by atoms with van der Waals surface area (Å²) in [6, 6.07) is 4.77. The van der Waals surface area contributed by atoms with Crippen LogP contribution in [0, 0.1) is 5.82 Å². The van der Waals surface area contributed by atoms with Gasteiger partial charge < -0.3 is 19.7 Å². The molecule has 0 aliphatic carbocycles. The average Bonchev–Trinajstić information content (AvgIpc) is 3.36. The number of pyridine rings is 1. The molecule has 4 heterocycles. The van der Waals surface area contributed by atoms with Gasteiger partial charge in [-0.3, -0.25) is 0 Å². The SMILES string of the molecule is CCc1nc2c(cnn2CC)c(NC2CCOCC2)c1Cn1cc2ccc(F)cc2c1O. The molecule has 7 nitrogen and oxygen atoms in total. The number of fused-ring (bicyclic) bond motifs is 2. The molecular weight excluding hydrogens is 409 g/mol. The molecule has 2 N–H and O–H groups in total. The second-order valence-corrected chi connectivity index (χ2v) is 8.31. The summed E-state index contributed by atoms with van der Waals surface area (Å²) in [6.45, 7) is 6.80. The smallest absolute Gasteiger partial charge is 0.199 e. The van der Waals surface area contributed by atoms with Crippen molar-refractivity contribution in [2.75, 3.05) is 18.5 Å². The van der Waals surface area contributed by atoms with Gasteiger partial charge in [-0.2, -0.15) is 5.10 Å². The predicted molar refractivity (Wildman–Crippen MR) is 123 cm³/mol. The van der Waals surface area contributed by atoms with Gasteiger partial charge in [0, 0.05) is 54.0 Å². The second kappa shape index (κ2) is 8.43. The lowest BCUT2D eigenvalue weighted by molar-refractivity contribution is 0.0904. The zero-order chi connectivity index (χ0) is 22.2. The molecule has 0 spiro atoms. The molecule has 1 aliphatic rings. The first kappa shape index (κ1) is 20.8. The van der Waals surface area contributed by atoms with Crippen LogP contribution in [-0.2, 0) is 24.2 Å². The van der Waals surface area contributed by atoms with Gasteiger partial charge in [-0.05, 0) is 44.4 Å². The van der Waals surface area contributed by atoms with E-state index in [1.165, 1.54) is 12.1 Å². The molecule has 1 aliphatic heterocycles. The van der Waals surface area contributed by atoms with Crippen LogP contribution < -0.4 is 5.32 Å². The summed E-state index contributed by atoms with van der Waals surface area (Å²) < 4.78 is 23.0. The maximum absolute atomic E-state index is 13.7. The summed E-state index contributed by atoms with van der Waals surface area (Å²) in [5.74, 6) is -0.306. The van der Waals surface area contributed by atoms with Gasteiger partial charge in [0.15, 0.2) is 11.5 Å². The summed E-state index contributed by atoms with van der Waals surface area (Å²) in [7, 11) is 0. The highest BCUT2D eigenvalue weighted by molar-refractivity contribution is 5.92. The number of rotatable bonds is 6. The molecule has 1 saturated heterocycles. The van der Waals surface area contributed by atoms with Gasteiger partial charge in [0.1, 0.15) is 5.82 Å². The molecule has 5 rings (SSSR count). The number of aromatic hydroxyl groups is 1. The van der Waals surface area contributed by atoms with Crippen molar-refractivity contribution < 1.29 is 14.2 Å². The first-order chi connectivity index (χ1) is 15.6. The number of halogens is 1. The lowest BCUT2D eigenvalue weighted by atomic mass is 10.0. The summed E-state index contributed by atoms with van der Waals surface area (Å²) in [5, 5.41) is 21.4. The zero-order valence-electron chi connectivity index (χ0n) is 18.4. The van der Waals surface area contributed by atoms with E-state index in [0.29, 0.717) is 18.0 Å². The lowest BCUT2D eigenvalue weighted by Gasteiger charge is -2.26. The van der Waals surface area contributed by atoms with E-state index in [4.69, 9.17) is 9.72 Å². The summed E-state index contributed by atoms with van der Waals surface area (Å²) in [4.78, 5) is 4.95. The highest BCUT2D eigenvalue weighted by atomic mass is 19.1. The fourth-order valence-electron chi connectivity index (χ4n) is 4.59. The van der Waals surface area contributed by atoms with Crippen LogP contribution in [0.5, 0.6) is 5.88 Å². The molecule has 0 saturated carbocycles. The Kier molecular flexibility index (Phi) is 5.46. The van der Waals surface area contributed by atoms with Crippen molar-refractivity contribution in [3.05, 3.63) is 47.7 Å². The van der Waals surface area contributed by atoms with E-state index in [0.717, 1.165) is 72.4 Å². The van der Waals surface area contributed by atoms with E-state index in [1.54, 1.807) is 10.6 Å². The fourth-order valence-corrected chi connectivity index (χ4v) is 4.59. The third-order valence-corrected chi connectivity index (χ3v) is 6.33. The van der Waals surface area contributed by atoms with Gasteiger partial charge in [0.05, 0.1) is 23.8 Å². The Morgan fingerprint density at radius 2 is 2.03 bits per heavy atom. The van der Waals surface area contributed by atoms with Gasteiger partial charge in [-0.1, -0.05) is 6.92 Å². The molecule has 8 heteroatoms. The van der Waals surface area contributed by atoms with E-state index in [1.807, 2.05) is 17.1 Å². The molecule has 1 fully saturated rings. The number of nitrogens with one attached hydrogen (secondary N) is 1. The molecule has 0 bridgehead atoms. The van der Waals surface area contributed by atoms with Gasteiger partial charge in [0.25, 0.3) is 0 Å². The number of benzene rings is 1. The van der Waals surface area contributed by atoms with Gasteiger partial charge in [-0.15, -0.1) is 0 Å². The minimum Gasteiger partial charge on any atom is -0.494 e. The average molecular weight is 438 g/mol. The van der Waals surface area contributed by atoms with Crippen LogP contribution in [0.1, 0.15) is 37.9 Å². The van der Waals surface area contributed by atoms with Gasteiger partial charge in [0.2, 0.25) is 0 Å². The van der Waals surface area contributed by atoms with E-state index < -0.39 is 0 Å². The third-order valence-electron chi connectivity index (χ3n) is 6.33. The molecule has 1 aromatic carbocycles. The van der Waals surface area contributed by atoms with Crippen LogP contribution in [-0.4, -0.2) is 43.7 Å². The van der Waals surface area contributed by atoms with Crippen LogP contribution in [0.15, 0.2) is 30.6 Å². The quantitative estimate of drug-likeness (QED) is 0.466. The van der Waals surface area contributed by atoms with E-state index >= 15 is 0 Å². The molecule has 0 radical (unpaired) electrons. The third kappa shape index (κ3) is 3.58. The van der Waals surface area contributed by atoms with Gasteiger partial charge >= 0.3 is 0 Å². The van der Waals surface area contributed by atoms with Crippen molar-refractivity contribution in [1.82, 2.24) is 19.3 Å². The Hall–Kier alpha value is -3.13. The number of nitrogens with zero attached hydrogens (tertiary/aromatic N) is 4. The van der Waals surface area contributed by atoms with Crippen LogP contribution in [0.3, 0.4) is 0 Å². The molecule has 0 unspecified atom stereocenters. The Morgan fingerprint density at radius 1 is 1.22 bits per heavy atom. The van der Waals surface area contributed by atoms with Gasteiger partial charge in [-0.25, -0.2) is 14.1 Å². The summed E-state index contributed by atoms with van der Waals surface area (Å²) in [6.07, 6.45) is 6.35. The molecule has 32 heavy (non-hydrogen) atoms. The van der Waals surface area contributed by atoms with Crippen LogP contribution >= 0.6 is 0 Å². The first-order valence-electron chi connectivity index (χ1n) is 11.3. The van der Waals surface area contributed by atoms with E-state index in [9.17, 15) is 9.50 Å². The predicted octanol–water partition coefficient (Wildman–Crippen LogP) is 4.45. The second-order valence-electron chi connectivity index (χ2n) is 8.31. The standard InChI is InChI=1S/C24H28FN5O2/c1-3-21-20(14-29-13-15-5-6-16(25)11-18(15)24(29)31)22(27-17-7-9-32-10-8-17)19-12-26-30(4-2)23(19)28-21/h5-6,11-13,17,31H,3-4,7-10,14H2,1-2H3,(H,27,28). The Morgan fingerprint density at radius 3 is 2.78 bits per heavy atom. The fraction of sp³-hybridized carbons (Fsp3) is 0.417. The highest BCUT2D eigenvalue weighted by Crippen LogP contribution is 2.34. The normalized spacial score (nSPS) is 15.1. The lowest BCUT2D eigenvalue weighted by Crippen LogP contribution is -2.28. The Labute approximate surface area is 185 Å². The van der Waals surface area contributed by atoms with E-state index in [2.05, 4.69) is 24.3 Å². The van der Waals surface area contributed by atoms with Crippen molar-refractivity contribution in [2.24, 2.45) is 0 Å². The number of anilines is 1. The first-order valence-corrected chi connectivity index (χ1v) is 11.3. The Balaban J connectivity index is 1.65. The topological polar surface area (TPSA) is 77.1 Å². The summed E-state index contributed by atoms with van der Waals surface area (Å²) >= 11 is 0.